The molecule has 1 aliphatic heterocycles. The predicted octanol–water partition coefficient (Wildman–Crippen LogP) is 3.43. The largest absolute Gasteiger partial charge is 0.394 e. The molecule has 2 heterocycles. The highest BCUT2D eigenvalue weighted by Crippen LogP contribution is 2.35. The molecule has 1 aromatic heterocycles. The molecule has 0 radical (unpaired) electrons. The summed E-state index contributed by atoms with van der Waals surface area (Å²) in [7, 11) is 0. The lowest BCUT2D eigenvalue weighted by atomic mass is 10.2. The van der Waals surface area contributed by atoms with E-state index in [-0.39, 0.29) is 18.8 Å². The number of fused-ring (bicyclic) bond motifs is 1. The van der Waals surface area contributed by atoms with Crippen LogP contribution in [-0.2, 0) is 4.74 Å². The van der Waals surface area contributed by atoms with Gasteiger partial charge in [-0.25, -0.2) is 4.98 Å². The molecule has 2 aromatic rings. The molecule has 0 unspecified atom stereocenters. The Bertz CT molecular complexity index is 632. The molecule has 102 valence electrons. The predicted molar refractivity (Wildman–Crippen MR) is 77.9 cm³/mol. The van der Waals surface area contributed by atoms with Crippen LogP contribution in [0.5, 0.6) is 0 Å². The molecule has 0 saturated carbocycles. The summed E-state index contributed by atoms with van der Waals surface area (Å²) < 4.78 is 8.27. The Labute approximate surface area is 128 Å². The number of aliphatic hydroxyl groups is 1. The number of rotatable bonds is 2. The molecular weight excluding hydrogens is 355 g/mol. The maximum absolute atomic E-state index is 9.14. The fourth-order valence-electron chi connectivity index (χ4n) is 2.40. The zero-order valence-electron chi connectivity index (χ0n) is 9.81. The number of aliphatic hydroxyl groups excluding tert-OH is 1. The van der Waals surface area contributed by atoms with E-state index in [9.17, 15) is 0 Å². The average Bonchev–Trinajstić information content (AvgIpc) is 2.94. The molecule has 1 aromatic carbocycles. The quantitative estimate of drug-likeness (QED) is 0.886. The zero-order valence-corrected chi connectivity index (χ0v) is 12.9. The van der Waals surface area contributed by atoms with E-state index in [1.807, 2.05) is 10.6 Å². The minimum atomic E-state index is -0.114. The summed E-state index contributed by atoms with van der Waals surface area (Å²) in [6.45, 7) is 0.586. The van der Waals surface area contributed by atoms with Gasteiger partial charge in [-0.15, -0.1) is 0 Å². The Morgan fingerprint density at radius 1 is 1.42 bits per heavy atom. The van der Waals surface area contributed by atoms with Crippen LogP contribution in [0.1, 0.15) is 12.5 Å². The third-order valence-electron chi connectivity index (χ3n) is 3.32. The molecule has 0 amide bonds. The lowest BCUT2D eigenvalue weighted by Gasteiger charge is -2.13. The standard InChI is InChI=1S/C12H11BrCl2N2O2/c13-12-16-10-2-8(14)9(15)3-11(10)17(12)6-1-7(4-18)19-5-6/h2-3,6-7,18H,1,4-5H2/t6-,7-/m0/s1. The maximum Gasteiger partial charge on any atom is 0.178 e. The van der Waals surface area contributed by atoms with Gasteiger partial charge in [-0.05, 0) is 34.5 Å². The fraction of sp³-hybridized carbons (Fsp3) is 0.417. The highest BCUT2D eigenvalue weighted by molar-refractivity contribution is 9.10. The van der Waals surface area contributed by atoms with Crippen molar-refractivity contribution in [1.82, 2.24) is 9.55 Å². The third-order valence-corrected chi connectivity index (χ3v) is 4.60. The molecule has 1 aliphatic rings. The molecule has 1 N–H and O–H groups in total. The van der Waals surface area contributed by atoms with Crippen molar-refractivity contribution in [3.8, 4) is 0 Å². The monoisotopic (exact) mass is 364 g/mol. The molecule has 1 fully saturated rings. The Balaban J connectivity index is 2.08. The van der Waals surface area contributed by atoms with Gasteiger partial charge in [0.15, 0.2) is 4.73 Å². The molecule has 0 bridgehead atoms. The van der Waals surface area contributed by atoms with E-state index in [2.05, 4.69) is 20.9 Å². The second kappa shape index (κ2) is 5.22. The number of hydrogen-bond donors (Lipinski definition) is 1. The summed E-state index contributed by atoms with van der Waals surface area (Å²) in [5.41, 5.74) is 1.70. The number of aromatic nitrogens is 2. The van der Waals surface area contributed by atoms with Crippen LogP contribution in [0.4, 0.5) is 0 Å². The van der Waals surface area contributed by atoms with Gasteiger partial charge in [0.05, 0.1) is 46.4 Å². The van der Waals surface area contributed by atoms with Gasteiger partial charge in [0.25, 0.3) is 0 Å². The minimum absolute atomic E-state index is 0.0351. The van der Waals surface area contributed by atoms with E-state index >= 15 is 0 Å². The summed E-state index contributed by atoms with van der Waals surface area (Å²) >= 11 is 15.5. The van der Waals surface area contributed by atoms with Crippen molar-refractivity contribution >= 4 is 50.2 Å². The third kappa shape index (κ3) is 2.38. The maximum atomic E-state index is 9.14. The number of nitrogens with zero attached hydrogens (tertiary/aromatic N) is 2. The fourth-order valence-corrected chi connectivity index (χ4v) is 3.39. The van der Waals surface area contributed by atoms with E-state index in [1.54, 1.807) is 6.07 Å². The van der Waals surface area contributed by atoms with Crippen LogP contribution >= 0.6 is 39.1 Å². The smallest absolute Gasteiger partial charge is 0.178 e. The molecule has 19 heavy (non-hydrogen) atoms. The highest BCUT2D eigenvalue weighted by Gasteiger charge is 2.29. The van der Waals surface area contributed by atoms with E-state index in [4.69, 9.17) is 33.0 Å². The first-order chi connectivity index (χ1) is 9.10. The van der Waals surface area contributed by atoms with Crippen LogP contribution in [-0.4, -0.2) is 34.0 Å². The molecule has 4 nitrogen and oxygen atoms in total. The second-order valence-electron chi connectivity index (χ2n) is 4.53. The normalized spacial score (nSPS) is 23.4. The number of ether oxygens (including phenoxy) is 1. The van der Waals surface area contributed by atoms with Crippen molar-refractivity contribution in [2.75, 3.05) is 13.2 Å². The lowest BCUT2D eigenvalue weighted by Crippen LogP contribution is -2.11. The van der Waals surface area contributed by atoms with Crippen molar-refractivity contribution in [3.05, 3.63) is 26.9 Å². The summed E-state index contributed by atoms with van der Waals surface area (Å²) in [4.78, 5) is 4.43. The van der Waals surface area contributed by atoms with Crippen molar-refractivity contribution in [2.24, 2.45) is 0 Å². The second-order valence-corrected chi connectivity index (χ2v) is 6.06. The van der Waals surface area contributed by atoms with Gasteiger partial charge in [-0.3, -0.25) is 0 Å². The Hall–Kier alpha value is -0.330. The number of benzene rings is 1. The molecule has 0 aliphatic carbocycles. The number of imidazole rings is 1. The van der Waals surface area contributed by atoms with Gasteiger partial charge >= 0.3 is 0 Å². The molecule has 1 saturated heterocycles. The number of halogens is 3. The first kappa shape index (κ1) is 13.6. The first-order valence-corrected chi connectivity index (χ1v) is 7.40. The summed E-state index contributed by atoms with van der Waals surface area (Å²) in [6.07, 6.45) is 0.637. The summed E-state index contributed by atoms with van der Waals surface area (Å²) in [5, 5.41) is 10.1. The van der Waals surface area contributed by atoms with Crippen LogP contribution in [0, 0.1) is 0 Å². The van der Waals surface area contributed by atoms with Crippen LogP contribution in [0.15, 0.2) is 16.9 Å². The molecule has 0 spiro atoms. The summed E-state index contributed by atoms with van der Waals surface area (Å²) in [6, 6.07) is 3.69. The van der Waals surface area contributed by atoms with Crippen LogP contribution in [0.25, 0.3) is 11.0 Å². The van der Waals surface area contributed by atoms with Gasteiger partial charge in [0.1, 0.15) is 0 Å². The van der Waals surface area contributed by atoms with Gasteiger partial charge < -0.3 is 14.4 Å². The van der Waals surface area contributed by atoms with Gasteiger partial charge in [-0.1, -0.05) is 23.2 Å². The van der Waals surface area contributed by atoms with Crippen molar-refractivity contribution in [1.29, 1.82) is 0 Å². The molecule has 7 heteroatoms. The van der Waals surface area contributed by atoms with Gasteiger partial charge in [-0.2, -0.15) is 0 Å². The van der Waals surface area contributed by atoms with Gasteiger partial charge in [0, 0.05) is 0 Å². The molecule has 2 atom stereocenters. The average molecular weight is 366 g/mol. The highest BCUT2D eigenvalue weighted by atomic mass is 79.9. The van der Waals surface area contributed by atoms with E-state index in [0.29, 0.717) is 21.4 Å². The SMILES string of the molecule is OC[C@@H]1C[C@H](n2c(Br)nc3cc(Cl)c(Cl)cc32)CO1. The zero-order chi connectivity index (χ0) is 13.6. The topological polar surface area (TPSA) is 47.3 Å². The Kier molecular flexibility index (Phi) is 3.75. The summed E-state index contributed by atoms with van der Waals surface area (Å²) in [5.74, 6) is 0. The van der Waals surface area contributed by atoms with Crippen molar-refractivity contribution < 1.29 is 9.84 Å². The molecule has 3 rings (SSSR count). The van der Waals surface area contributed by atoms with E-state index in [1.165, 1.54) is 0 Å². The van der Waals surface area contributed by atoms with E-state index in [0.717, 1.165) is 17.5 Å². The Morgan fingerprint density at radius 3 is 2.84 bits per heavy atom. The van der Waals surface area contributed by atoms with Crippen molar-refractivity contribution in [2.45, 2.75) is 18.6 Å². The van der Waals surface area contributed by atoms with Crippen molar-refractivity contribution in [3.63, 3.8) is 0 Å². The minimum Gasteiger partial charge on any atom is -0.394 e. The first-order valence-electron chi connectivity index (χ1n) is 5.85. The van der Waals surface area contributed by atoms with Crippen LogP contribution < -0.4 is 0 Å². The lowest BCUT2D eigenvalue weighted by molar-refractivity contribution is 0.0575. The van der Waals surface area contributed by atoms with Crippen LogP contribution in [0.3, 0.4) is 0 Å². The molecular formula is C12H11BrCl2N2O2. The Morgan fingerprint density at radius 2 is 2.16 bits per heavy atom. The van der Waals surface area contributed by atoms with Crippen LogP contribution in [0.2, 0.25) is 10.0 Å². The number of hydrogen-bond acceptors (Lipinski definition) is 3. The van der Waals surface area contributed by atoms with E-state index < -0.39 is 0 Å². The van der Waals surface area contributed by atoms with Gasteiger partial charge in [0.2, 0.25) is 0 Å².